The topological polar surface area (TPSA) is 30.2 Å². The molecule has 3 nitrogen and oxygen atoms in total. The standard InChI is InChI=1S/C11H8FN3S/c1-7-2-3-8(4-9(7)12)10-5-15-11(14-10)16-6-13-15/h2-6H,1H3. The van der Waals surface area contributed by atoms with Crippen molar-refractivity contribution >= 4 is 16.3 Å². The third-order valence-electron chi connectivity index (χ3n) is 2.45. The maximum absolute atomic E-state index is 13.4. The minimum Gasteiger partial charge on any atom is -0.217 e. The third kappa shape index (κ3) is 1.40. The van der Waals surface area contributed by atoms with Crippen LogP contribution >= 0.6 is 11.3 Å². The van der Waals surface area contributed by atoms with Crippen molar-refractivity contribution in [3.8, 4) is 11.3 Å². The number of rotatable bonds is 1. The van der Waals surface area contributed by atoms with Crippen molar-refractivity contribution in [2.24, 2.45) is 0 Å². The molecule has 2 aromatic heterocycles. The Labute approximate surface area is 95.2 Å². The van der Waals surface area contributed by atoms with E-state index in [0.29, 0.717) is 5.56 Å². The van der Waals surface area contributed by atoms with Gasteiger partial charge in [-0.1, -0.05) is 23.5 Å². The van der Waals surface area contributed by atoms with Gasteiger partial charge >= 0.3 is 0 Å². The molecule has 0 radical (unpaired) electrons. The van der Waals surface area contributed by atoms with Crippen LogP contribution in [-0.2, 0) is 0 Å². The van der Waals surface area contributed by atoms with Crippen molar-refractivity contribution in [3.05, 3.63) is 41.3 Å². The summed E-state index contributed by atoms with van der Waals surface area (Å²) in [5.74, 6) is -0.207. The minimum absolute atomic E-state index is 0.207. The Morgan fingerprint density at radius 1 is 1.38 bits per heavy atom. The highest BCUT2D eigenvalue weighted by Crippen LogP contribution is 2.22. The first-order valence-electron chi connectivity index (χ1n) is 4.79. The number of halogens is 1. The molecule has 3 rings (SSSR count). The summed E-state index contributed by atoms with van der Waals surface area (Å²) in [5.41, 5.74) is 3.89. The lowest BCUT2D eigenvalue weighted by molar-refractivity contribution is 0.619. The quantitative estimate of drug-likeness (QED) is 0.647. The highest BCUT2D eigenvalue weighted by Gasteiger charge is 2.07. The Bertz CT molecular complexity index is 628. The van der Waals surface area contributed by atoms with Gasteiger partial charge in [-0.3, -0.25) is 0 Å². The maximum atomic E-state index is 13.4. The van der Waals surface area contributed by atoms with E-state index in [9.17, 15) is 4.39 Å². The van der Waals surface area contributed by atoms with E-state index in [0.717, 1.165) is 16.2 Å². The number of hydrogen-bond acceptors (Lipinski definition) is 3. The van der Waals surface area contributed by atoms with Crippen LogP contribution in [0.5, 0.6) is 0 Å². The van der Waals surface area contributed by atoms with Gasteiger partial charge < -0.3 is 0 Å². The minimum atomic E-state index is -0.207. The molecule has 3 aromatic rings. The fourth-order valence-corrected chi connectivity index (χ4v) is 2.13. The van der Waals surface area contributed by atoms with Gasteiger partial charge in [-0.05, 0) is 18.6 Å². The molecule has 0 saturated carbocycles. The van der Waals surface area contributed by atoms with Crippen LogP contribution in [0, 0.1) is 12.7 Å². The maximum Gasteiger partial charge on any atom is 0.212 e. The molecule has 0 fully saturated rings. The fourth-order valence-electron chi connectivity index (χ4n) is 1.53. The van der Waals surface area contributed by atoms with Crippen molar-refractivity contribution in [1.82, 2.24) is 14.6 Å². The van der Waals surface area contributed by atoms with E-state index in [-0.39, 0.29) is 5.82 Å². The van der Waals surface area contributed by atoms with E-state index in [1.165, 1.54) is 17.4 Å². The first-order chi connectivity index (χ1) is 7.74. The largest absolute Gasteiger partial charge is 0.217 e. The van der Waals surface area contributed by atoms with Crippen LogP contribution in [0.2, 0.25) is 0 Å². The van der Waals surface area contributed by atoms with E-state index >= 15 is 0 Å². The second-order valence-electron chi connectivity index (χ2n) is 3.56. The molecule has 5 heteroatoms. The van der Waals surface area contributed by atoms with Crippen LogP contribution in [0.1, 0.15) is 5.56 Å². The van der Waals surface area contributed by atoms with Crippen LogP contribution < -0.4 is 0 Å². The normalized spacial score (nSPS) is 11.1. The second-order valence-corrected chi connectivity index (χ2v) is 4.37. The summed E-state index contributed by atoms with van der Waals surface area (Å²) >= 11 is 1.46. The molecule has 2 heterocycles. The average Bonchev–Trinajstić information content (AvgIpc) is 2.81. The highest BCUT2D eigenvalue weighted by molar-refractivity contribution is 7.14. The van der Waals surface area contributed by atoms with Crippen LogP contribution in [0.25, 0.3) is 16.2 Å². The molecule has 16 heavy (non-hydrogen) atoms. The first-order valence-corrected chi connectivity index (χ1v) is 5.67. The van der Waals surface area contributed by atoms with E-state index in [2.05, 4.69) is 10.1 Å². The van der Waals surface area contributed by atoms with E-state index in [1.54, 1.807) is 29.2 Å². The van der Waals surface area contributed by atoms with Gasteiger partial charge in [0.2, 0.25) is 4.96 Å². The van der Waals surface area contributed by atoms with E-state index in [1.807, 2.05) is 6.07 Å². The zero-order valence-electron chi connectivity index (χ0n) is 8.51. The summed E-state index contributed by atoms with van der Waals surface area (Å²) in [6.45, 7) is 1.74. The van der Waals surface area contributed by atoms with Gasteiger partial charge in [0, 0.05) is 5.56 Å². The third-order valence-corrected chi connectivity index (χ3v) is 3.14. The zero-order valence-corrected chi connectivity index (χ0v) is 9.33. The molecule has 0 bridgehead atoms. The summed E-state index contributed by atoms with van der Waals surface area (Å²) in [5, 5.41) is 4.08. The average molecular weight is 233 g/mol. The molecule has 0 N–H and O–H groups in total. The van der Waals surface area contributed by atoms with Crippen LogP contribution in [-0.4, -0.2) is 14.6 Å². The van der Waals surface area contributed by atoms with Gasteiger partial charge in [0.05, 0.1) is 11.9 Å². The lowest BCUT2D eigenvalue weighted by Crippen LogP contribution is -1.84. The molecular weight excluding hydrogens is 225 g/mol. The number of hydrogen-bond donors (Lipinski definition) is 0. The molecule has 0 atom stereocenters. The highest BCUT2D eigenvalue weighted by atomic mass is 32.1. The number of aromatic nitrogens is 3. The fraction of sp³-hybridized carbons (Fsp3) is 0.0909. The number of benzene rings is 1. The molecule has 0 aliphatic carbocycles. The summed E-state index contributed by atoms with van der Waals surface area (Å²) < 4.78 is 15.1. The van der Waals surface area contributed by atoms with Gasteiger partial charge in [-0.15, -0.1) is 0 Å². The Hall–Kier alpha value is -1.75. The number of fused-ring (bicyclic) bond motifs is 1. The zero-order chi connectivity index (χ0) is 11.1. The molecule has 0 unspecified atom stereocenters. The van der Waals surface area contributed by atoms with Crippen LogP contribution in [0.3, 0.4) is 0 Å². The van der Waals surface area contributed by atoms with Crippen LogP contribution in [0.4, 0.5) is 4.39 Å². The smallest absolute Gasteiger partial charge is 0.212 e. The lowest BCUT2D eigenvalue weighted by atomic mass is 10.1. The van der Waals surface area contributed by atoms with Crippen molar-refractivity contribution in [2.45, 2.75) is 6.92 Å². The van der Waals surface area contributed by atoms with Crippen molar-refractivity contribution in [2.75, 3.05) is 0 Å². The Morgan fingerprint density at radius 3 is 3.00 bits per heavy atom. The first kappa shape index (κ1) is 9.47. The van der Waals surface area contributed by atoms with Gasteiger partial charge in [0.1, 0.15) is 11.3 Å². The summed E-state index contributed by atoms with van der Waals surface area (Å²) in [6, 6.07) is 5.12. The lowest BCUT2D eigenvalue weighted by Gasteiger charge is -1.99. The molecule has 0 aliphatic heterocycles. The molecule has 0 spiro atoms. The summed E-state index contributed by atoms with van der Waals surface area (Å²) in [6.07, 6.45) is 1.80. The van der Waals surface area contributed by atoms with Crippen molar-refractivity contribution in [3.63, 3.8) is 0 Å². The number of nitrogens with zero attached hydrogens (tertiary/aromatic N) is 3. The predicted molar refractivity (Wildman–Crippen MR) is 61.0 cm³/mol. The van der Waals surface area contributed by atoms with Crippen LogP contribution in [0.15, 0.2) is 29.9 Å². The van der Waals surface area contributed by atoms with Gasteiger partial charge in [-0.25, -0.2) is 13.9 Å². The molecular formula is C11H8FN3S. The van der Waals surface area contributed by atoms with Crippen molar-refractivity contribution < 1.29 is 4.39 Å². The number of imidazole rings is 1. The van der Waals surface area contributed by atoms with Crippen molar-refractivity contribution in [1.29, 1.82) is 0 Å². The molecule has 80 valence electrons. The summed E-state index contributed by atoms with van der Waals surface area (Å²) in [7, 11) is 0. The van der Waals surface area contributed by atoms with Gasteiger partial charge in [0.25, 0.3) is 0 Å². The molecule has 0 amide bonds. The second kappa shape index (κ2) is 3.38. The molecule has 0 aliphatic rings. The van der Waals surface area contributed by atoms with Gasteiger partial charge in [-0.2, -0.15) is 5.10 Å². The Kier molecular flexibility index (Phi) is 2.00. The Morgan fingerprint density at radius 2 is 2.25 bits per heavy atom. The van der Waals surface area contributed by atoms with Gasteiger partial charge in [0.15, 0.2) is 0 Å². The monoisotopic (exact) mass is 233 g/mol. The number of aryl methyl sites for hydroxylation is 1. The Balaban J connectivity index is 2.15. The summed E-state index contributed by atoms with van der Waals surface area (Å²) in [4.78, 5) is 5.18. The van der Waals surface area contributed by atoms with E-state index < -0.39 is 0 Å². The SMILES string of the molecule is Cc1ccc(-c2cn3ncsc3n2)cc1F. The van der Waals surface area contributed by atoms with E-state index in [4.69, 9.17) is 0 Å². The predicted octanol–water partition coefficient (Wildman–Crippen LogP) is 2.91. The molecule has 0 saturated heterocycles. The molecule has 1 aromatic carbocycles.